The molecule has 1 heteroatoms. The average Bonchev–Trinajstić information content (AvgIpc) is 2.12. The Morgan fingerprint density at radius 1 is 1.33 bits per heavy atom. The molecule has 0 aromatic heterocycles. The van der Waals surface area contributed by atoms with Gasteiger partial charge in [-0.15, -0.1) is 0 Å². The molecule has 0 fully saturated rings. The zero-order valence-electron chi connectivity index (χ0n) is 7.49. The number of allylic oxidation sites excluding steroid dienone is 5. The van der Waals surface area contributed by atoms with E-state index in [4.69, 9.17) is 0 Å². The van der Waals surface area contributed by atoms with Gasteiger partial charge in [0.15, 0.2) is 0 Å². The lowest BCUT2D eigenvalue weighted by atomic mass is 9.83. The Kier molecular flexibility index (Phi) is 1.72. The number of fused-ring (bicyclic) bond motifs is 1. The monoisotopic (exact) mass is 159 g/mol. The highest BCUT2D eigenvalue weighted by Gasteiger charge is 2.22. The molecule has 0 radical (unpaired) electrons. The standard InChI is InChI=1S/C11H13N/c1-8-5-6-9(2)11-10(8)4-3-7-12-11/h3-8,10H,1-2H3/t8-,10?/m1/s1. The quantitative estimate of drug-likeness (QED) is 0.515. The molecule has 0 amide bonds. The van der Waals surface area contributed by atoms with Crippen LogP contribution in [0, 0.1) is 11.8 Å². The van der Waals surface area contributed by atoms with E-state index in [1.807, 2.05) is 12.3 Å². The Labute approximate surface area is 73.2 Å². The Morgan fingerprint density at radius 3 is 2.92 bits per heavy atom. The fourth-order valence-electron chi connectivity index (χ4n) is 1.76. The summed E-state index contributed by atoms with van der Waals surface area (Å²) >= 11 is 0. The minimum absolute atomic E-state index is 0.514. The first-order chi connectivity index (χ1) is 5.79. The Bertz CT molecular complexity index is 305. The zero-order chi connectivity index (χ0) is 8.55. The number of rotatable bonds is 0. The van der Waals surface area contributed by atoms with Crippen molar-refractivity contribution >= 4 is 6.21 Å². The Balaban J connectivity index is 2.44. The van der Waals surface area contributed by atoms with Crippen molar-refractivity contribution in [3.05, 3.63) is 35.6 Å². The van der Waals surface area contributed by atoms with E-state index in [0.29, 0.717) is 11.8 Å². The predicted octanol–water partition coefficient (Wildman–Crippen LogP) is 2.72. The molecule has 0 saturated carbocycles. The SMILES string of the molecule is CC1=C2N=CC=CC2[C@H](C)C=C1. The highest BCUT2D eigenvalue weighted by atomic mass is 14.8. The maximum Gasteiger partial charge on any atom is 0.0507 e. The first-order valence-corrected chi connectivity index (χ1v) is 4.39. The van der Waals surface area contributed by atoms with Gasteiger partial charge >= 0.3 is 0 Å². The topological polar surface area (TPSA) is 12.4 Å². The Morgan fingerprint density at radius 2 is 2.17 bits per heavy atom. The van der Waals surface area contributed by atoms with Gasteiger partial charge in [-0.05, 0) is 24.5 Å². The van der Waals surface area contributed by atoms with Crippen molar-refractivity contribution in [2.24, 2.45) is 16.8 Å². The minimum atomic E-state index is 0.514. The Hall–Kier alpha value is -1.11. The molecule has 1 heterocycles. The van der Waals surface area contributed by atoms with Gasteiger partial charge in [0.05, 0.1) is 5.70 Å². The van der Waals surface area contributed by atoms with E-state index in [0.717, 1.165) is 0 Å². The third kappa shape index (κ3) is 1.06. The van der Waals surface area contributed by atoms with Gasteiger partial charge in [-0.3, -0.25) is 4.99 Å². The second-order valence-corrected chi connectivity index (χ2v) is 3.48. The van der Waals surface area contributed by atoms with Crippen molar-refractivity contribution in [1.82, 2.24) is 0 Å². The number of nitrogens with zero attached hydrogens (tertiary/aromatic N) is 1. The summed E-state index contributed by atoms with van der Waals surface area (Å²) in [6.07, 6.45) is 10.6. The number of aliphatic imine (C=N–C) groups is 1. The van der Waals surface area contributed by atoms with Crippen LogP contribution >= 0.6 is 0 Å². The van der Waals surface area contributed by atoms with Crippen LogP contribution in [0.1, 0.15) is 13.8 Å². The molecule has 0 aromatic rings. The summed E-state index contributed by atoms with van der Waals surface area (Å²) in [6, 6.07) is 0. The van der Waals surface area contributed by atoms with Crippen molar-refractivity contribution in [3.63, 3.8) is 0 Å². The number of hydrogen-bond donors (Lipinski definition) is 0. The van der Waals surface area contributed by atoms with Crippen LogP contribution in [0.2, 0.25) is 0 Å². The second kappa shape index (κ2) is 2.74. The van der Waals surface area contributed by atoms with Gasteiger partial charge in [0.1, 0.15) is 0 Å². The summed E-state index contributed by atoms with van der Waals surface area (Å²) in [5.74, 6) is 1.11. The third-order valence-corrected chi connectivity index (χ3v) is 2.55. The molecule has 0 bridgehead atoms. The zero-order valence-corrected chi connectivity index (χ0v) is 7.49. The van der Waals surface area contributed by atoms with Crippen LogP contribution in [0.3, 0.4) is 0 Å². The molecule has 0 aromatic carbocycles. The first kappa shape index (κ1) is 7.53. The largest absolute Gasteiger partial charge is 0.260 e. The van der Waals surface area contributed by atoms with Crippen LogP contribution in [-0.4, -0.2) is 6.21 Å². The summed E-state index contributed by atoms with van der Waals surface area (Å²) in [5, 5.41) is 0. The van der Waals surface area contributed by atoms with Crippen LogP contribution in [0.25, 0.3) is 0 Å². The van der Waals surface area contributed by atoms with E-state index in [2.05, 4.69) is 37.1 Å². The molecule has 2 aliphatic rings. The van der Waals surface area contributed by atoms with Gasteiger partial charge < -0.3 is 0 Å². The van der Waals surface area contributed by atoms with E-state index in [1.165, 1.54) is 11.3 Å². The van der Waals surface area contributed by atoms with E-state index in [-0.39, 0.29) is 0 Å². The van der Waals surface area contributed by atoms with E-state index in [1.54, 1.807) is 0 Å². The fourth-order valence-corrected chi connectivity index (χ4v) is 1.76. The number of hydrogen-bond acceptors (Lipinski definition) is 1. The van der Waals surface area contributed by atoms with E-state index in [9.17, 15) is 0 Å². The lowest BCUT2D eigenvalue weighted by Gasteiger charge is -2.25. The van der Waals surface area contributed by atoms with Gasteiger partial charge in [0, 0.05) is 12.1 Å². The van der Waals surface area contributed by atoms with Crippen molar-refractivity contribution in [2.75, 3.05) is 0 Å². The normalized spacial score (nSPS) is 32.5. The third-order valence-electron chi connectivity index (χ3n) is 2.55. The highest BCUT2D eigenvalue weighted by Crippen LogP contribution is 2.32. The molecule has 2 atom stereocenters. The molecule has 0 saturated heterocycles. The molecule has 0 N–H and O–H groups in total. The minimum Gasteiger partial charge on any atom is -0.260 e. The summed E-state index contributed by atoms with van der Waals surface area (Å²) in [6.45, 7) is 4.36. The van der Waals surface area contributed by atoms with Crippen molar-refractivity contribution < 1.29 is 0 Å². The molecule has 1 aliphatic heterocycles. The average molecular weight is 159 g/mol. The van der Waals surface area contributed by atoms with Gasteiger partial charge in [-0.1, -0.05) is 25.2 Å². The lowest BCUT2D eigenvalue weighted by molar-refractivity contribution is 0.562. The molecule has 62 valence electrons. The van der Waals surface area contributed by atoms with Crippen LogP contribution in [0.4, 0.5) is 0 Å². The molecule has 1 aliphatic carbocycles. The van der Waals surface area contributed by atoms with Gasteiger partial charge in [0.25, 0.3) is 0 Å². The smallest absolute Gasteiger partial charge is 0.0507 e. The summed E-state index contributed by atoms with van der Waals surface area (Å²) < 4.78 is 0. The van der Waals surface area contributed by atoms with E-state index >= 15 is 0 Å². The first-order valence-electron chi connectivity index (χ1n) is 4.39. The maximum atomic E-state index is 4.40. The lowest BCUT2D eigenvalue weighted by Crippen LogP contribution is -2.15. The second-order valence-electron chi connectivity index (χ2n) is 3.48. The fraction of sp³-hybridized carbons (Fsp3) is 0.364. The highest BCUT2D eigenvalue weighted by molar-refractivity contribution is 5.74. The summed E-state index contributed by atoms with van der Waals surface area (Å²) in [4.78, 5) is 4.40. The van der Waals surface area contributed by atoms with Gasteiger partial charge in [-0.25, -0.2) is 0 Å². The molecule has 1 unspecified atom stereocenters. The number of dihydropyridines is 1. The molecule has 0 spiro atoms. The molecule has 2 rings (SSSR count). The van der Waals surface area contributed by atoms with Crippen molar-refractivity contribution in [2.45, 2.75) is 13.8 Å². The molecule has 12 heavy (non-hydrogen) atoms. The van der Waals surface area contributed by atoms with Crippen LogP contribution in [0.15, 0.2) is 40.6 Å². The van der Waals surface area contributed by atoms with Crippen molar-refractivity contribution in [3.8, 4) is 0 Å². The molecule has 1 nitrogen and oxygen atoms in total. The van der Waals surface area contributed by atoms with E-state index < -0.39 is 0 Å². The maximum absolute atomic E-state index is 4.40. The van der Waals surface area contributed by atoms with Crippen LogP contribution < -0.4 is 0 Å². The molecular formula is C11H13N. The predicted molar refractivity (Wildman–Crippen MR) is 52.1 cm³/mol. The summed E-state index contributed by atoms with van der Waals surface area (Å²) in [5.41, 5.74) is 2.55. The van der Waals surface area contributed by atoms with Gasteiger partial charge in [0.2, 0.25) is 0 Å². The van der Waals surface area contributed by atoms with Crippen LogP contribution in [-0.2, 0) is 0 Å². The van der Waals surface area contributed by atoms with Crippen LogP contribution in [0.5, 0.6) is 0 Å². The molecular weight excluding hydrogens is 146 g/mol. The van der Waals surface area contributed by atoms with Gasteiger partial charge in [-0.2, -0.15) is 0 Å². The van der Waals surface area contributed by atoms with Crippen molar-refractivity contribution in [1.29, 1.82) is 0 Å². The summed E-state index contributed by atoms with van der Waals surface area (Å²) in [7, 11) is 0.